The summed E-state index contributed by atoms with van der Waals surface area (Å²) < 4.78 is 24.0. The fraction of sp³-hybridized carbons (Fsp3) is 0.391. The van der Waals surface area contributed by atoms with Crippen LogP contribution in [0.4, 0.5) is 0 Å². The number of carbonyl (C=O) groups is 2. The Bertz CT molecular complexity index is 972. The Morgan fingerprint density at radius 2 is 1.66 bits per heavy atom. The van der Waals surface area contributed by atoms with Crippen molar-refractivity contribution in [3.05, 3.63) is 71.3 Å². The van der Waals surface area contributed by atoms with Crippen LogP contribution in [0.15, 0.2) is 54.6 Å². The summed E-state index contributed by atoms with van der Waals surface area (Å²) in [4.78, 5) is 27.6. The minimum Gasteiger partial charge on any atom is -0.368 e. The Balaban J connectivity index is 1.48. The molecule has 2 amide bonds. The minimum absolute atomic E-state index is 0.136. The average molecular weight is 476 g/mol. The van der Waals surface area contributed by atoms with E-state index < -0.39 is 47.9 Å². The SMILES string of the molecule is O=C1c2ccccc2C(=O)N1[C@@H]1[C@@H](OCc2ccccc2)[C@H]2OC(CCl)OC[C@H]2O[C@H]1S. The van der Waals surface area contributed by atoms with Crippen molar-refractivity contribution >= 4 is 36.0 Å². The van der Waals surface area contributed by atoms with Gasteiger partial charge in [0.2, 0.25) is 0 Å². The number of hydrogen-bond acceptors (Lipinski definition) is 7. The molecule has 0 N–H and O–H groups in total. The monoisotopic (exact) mass is 475 g/mol. The predicted octanol–water partition coefficient (Wildman–Crippen LogP) is 2.87. The zero-order chi connectivity index (χ0) is 22.2. The normalized spacial score (nSPS) is 32.0. The molecule has 0 radical (unpaired) electrons. The number of alkyl halides is 1. The molecule has 0 aromatic heterocycles. The molecule has 0 bridgehead atoms. The van der Waals surface area contributed by atoms with Crippen LogP contribution in [0, 0.1) is 0 Å². The topological polar surface area (TPSA) is 74.3 Å². The quantitative estimate of drug-likeness (QED) is 0.407. The van der Waals surface area contributed by atoms with Crippen molar-refractivity contribution in [3.8, 4) is 0 Å². The van der Waals surface area contributed by atoms with Gasteiger partial charge in [0.25, 0.3) is 11.8 Å². The molecule has 3 aliphatic rings. The van der Waals surface area contributed by atoms with E-state index in [0.717, 1.165) is 5.56 Å². The van der Waals surface area contributed by atoms with E-state index >= 15 is 0 Å². The van der Waals surface area contributed by atoms with E-state index in [1.165, 1.54) is 4.90 Å². The Labute approximate surface area is 195 Å². The summed E-state index contributed by atoms with van der Waals surface area (Å²) in [5.41, 5.74) is 0.884. The molecule has 0 spiro atoms. The highest BCUT2D eigenvalue weighted by molar-refractivity contribution is 7.80. The second kappa shape index (κ2) is 9.13. The first-order chi connectivity index (χ1) is 15.6. The number of benzene rings is 2. The Hall–Kier alpha value is -1.94. The van der Waals surface area contributed by atoms with Gasteiger partial charge in [0, 0.05) is 0 Å². The van der Waals surface area contributed by atoms with Crippen molar-refractivity contribution in [2.75, 3.05) is 12.5 Å². The van der Waals surface area contributed by atoms with Crippen LogP contribution < -0.4 is 0 Å². The third-order valence-electron chi connectivity index (χ3n) is 5.92. The van der Waals surface area contributed by atoms with E-state index in [2.05, 4.69) is 12.6 Å². The number of carbonyl (C=O) groups excluding carboxylic acids is 2. The molecule has 1 unspecified atom stereocenters. The van der Waals surface area contributed by atoms with Crippen LogP contribution in [-0.2, 0) is 25.6 Å². The van der Waals surface area contributed by atoms with Gasteiger partial charge in [0.05, 0.1) is 30.2 Å². The molecule has 2 aromatic rings. The van der Waals surface area contributed by atoms with Crippen LogP contribution >= 0.6 is 24.2 Å². The number of nitrogens with zero attached hydrogens (tertiary/aromatic N) is 1. The first-order valence-corrected chi connectivity index (χ1v) is 11.4. The first-order valence-electron chi connectivity index (χ1n) is 10.4. The number of thiol groups is 1. The Morgan fingerprint density at radius 1 is 1.00 bits per heavy atom. The van der Waals surface area contributed by atoms with E-state index in [0.29, 0.717) is 11.1 Å². The molecule has 2 saturated heterocycles. The highest BCUT2D eigenvalue weighted by Gasteiger charge is 2.55. The lowest BCUT2D eigenvalue weighted by atomic mass is 9.95. The summed E-state index contributed by atoms with van der Waals surface area (Å²) in [5.74, 6) is -0.659. The van der Waals surface area contributed by atoms with Crippen LogP contribution in [0.25, 0.3) is 0 Å². The fourth-order valence-corrected chi connectivity index (χ4v) is 5.04. The van der Waals surface area contributed by atoms with E-state index in [1.54, 1.807) is 24.3 Å². The van der Waals surface area contributed by atoms with Gasteiger partial charge in [-0.15, -0.1) is 24.2 Å². The van der Waals surface area contributed by atoms with E-state index in [9.17, 15) is 9.59 Å². The maximum atomic E-state index is 13.2. The maximum absolute atomic E-state index is 13.2. The largest absolute Gasteiger partial charge is 0.368 e. The van der Waals surface area contributed by atoms with Crippen LogP contribution in [0.2, 0.25) is 0 Å². The molecule has 168 valence electrons. The standard InChI is InChI=1S/C23H22ClNO6S/c24-10-17-28-12-16-19(31-17)20(29-11-13-6-2-1-3-7-13)18(23(32)30-16)25-21(26)14-8-4-5-9-15(14)22(25)27/h1-9,16-20,23,32H,10-12H2/t16-,17?,18-,19+,20-,23+/m1/s1. The molecule has 6 atom stereocenters. The molecule has 2 aromatic carbocycles. The number of halogens is 1. The Kier molecular flexibility index (Phi) is 6.24. The van der Waals surface area contributed by atoms with Crippen molar-refractivity contribution in [2.45, 2.75) is 42.7 Å². The molecule has 5 rings (SSSR count). The molecular formula is C23H22ClNO6S. The summed E-state index contributed by atoms with van der Waals surface area (Å²) in [6.45, 7) is 0.518. The number of fused-ring (bicyclic) bond motifs is 2. The summed E-state index contributed by atoms with van der Waals surface area (Å²) in [6.07, 6.45) is -2.38. The smallest absolute Gasteiger partial charge is 0.262 e. The van der Waals surface area contributed by atoms with E-state index in [-0.39, 0.29) is 19.1 Å². The lowest BCUT2D eigenvalue weighted by molar-refractivity contribution is -0.306. The summed E-state index contributed by atoms with van der Waals surface area (Å²) in [7, 11) is 0. The van der Waals surface area contributed by atoms with Gasteiger partial charge in [-0.25, -0.2) is 0 Å². The third-order valence-corrected chi connectivity index (χ3v) is 6.60. The van der Waals surface area contributed by atoms with Crippen LogP contribution in [0.5, 0.6) is 0 Å². The van der Waals surface area contributed by atoms with Gasteiger partial charge in [0.15, 0.2) is 6.29 Å². The van der Waals surface area contributed by atoms with E-state index in [1.807, 2.05) is 30.3 Å². The fourth-order valence-electron chi connectivity index (χ4n) is 4.42. The zero-order valence-corrected chi connectivity index (χ0v) is 18.7. The zero-order valence-electron chi connectivity index (χ0n) is 17.0. The number of imide groups is 1. The van der Waals surface area contributed by atoms with Crippen LogP contribution in [-0.4, -0.2) is 65.3 Å². The van der Waals surface area contributed by atoms with Gasteiger partial charge in [-0.3, -0.25) is 14.5 Å². The van der Waals surface area contributed by atoms with Crippen molar-refractivity contribution in [3.63, 3.8) is 0 Å². The molecular weight excluding hydrogens is 454 g/mol. The summed E-state index contributed by atoms with van der Waals surface area (Å²) >= 11 is 10.6. The van der Waals surface area contributed by atoms with E-state index in [4.69, 9.17) is 30.5 Å². The first kappa shape index (κ1) is 21.9. The second-order valence-electron chi connectivity index (χ2n) is 7.86. The summed E-state index contributed by atoms with van der Waals surface area (Å²) in [6, 6.07) is 15.6. The van der Waals surface area contributed by atoms with Gasteiger partial charge in [-0.2, -0.15) is 0 Å². The lowest BCUT2D eigenvalue weighted by Crippen LogP contribution is -2.67. The third kappa shape index (κ3) is 3.85. The van der Waals surface area contributed by atoms with Gasteiger partial charge < -0.3 is 18.9 Å². The molecule has 32 heavy (non-hydrogen) atoms. The van der Waals surface area contributed by atoms with Crippen molar-refractivity contribution in [1.82, 2.24) is 4.90 Å². The highest BCUT2D eigenvalue weighted by Crippen LogP contribution is 2.38. The summed E-state index contributed by atoms with van der Waals surface area (Å²) in [5, 5.41) is 0. The number of rotatable bonds is 5. The number of hydrogen-bond donors (Lipinski definition) is 1. The Morgan fingerprint density at radius 3 is 2.31 bits per heavy atom. The number of amides is 2. The lowest BCUT2D eigenvalue weighted by Gasteiger charge is -2.50. The van der Waals surface area contributed by atoms with Gasteiger partial charge in [-0.1, -0.05) is 42.5 Å². The second-order valence-corrected chi connectivity index (χ2v) is 8.68. The number of ether oxygens (including phenoxy) is 4. The molecule has 3 aliphatic heterocycles. The van der Waals surface area contributed by atoms with Crippen molar-refractivity contribution in [1.29, 1.82) is 0 Å². The highest BCUT2D eigenvalue weighted by atomic mass is 35.5. The molecule has 0 saturated carbocycles. The maximum Gasteiger partial charge on any atom is 0.262 e. The van der Waals surface area contributed by atoms with Crippen molar-refractivity contribution < 1.29 is 28.5 Å². The van der Waals surface area contributed by atoms with Crippen LogP contribution in [0.3, 0.4) is 0 Å². The molecule has 2 fully saturated rings. The van der Waals surface area contributed by atoms with Gasteiger partial charge >= 0.3 is 0 Å². The molecule has 9 heteroatoms. The minimum atomic E-state index is -0.801. The molecule has 7 nitrogen and oxygen atoms in total. The predicted molar refractivity (Wildman–Crippen MR) is 119 cm³/mol. The van der Waals surface area contributed by atoms with Crippen molar-refractivity contribution in [2.24, 2.45) is 0 Å². The van der Waals surface area contributed by atoms with Crippen LogP contribution in [0.1, 0.15) is 26.3 Å². The molecule has 0 aliphatic carbocycles. The van der Waals surface area contributed by atoms with Gasteiger partial charge in [0.1, 0.15) is 29.8 Å². The van der Waals surface area contributed by atoms with Gasteiger partial charge in [-0.05, 0) is 17.7 Å². The average Bonchev–Trinajstić information content (AvgIpc) is 3.08. The molecule has 3 heterocycles.